The predicted octanol–water partition coefficient (Wildman–Crippen LogP) is 2.17. The van der Waals surface area contributed by atoms with Crippen LogP contribution in [-0.2, 0) is 31.3 Å². The molecule has 7 heteroatoms. The summed E-state index contributed by atoms with van der Waals surface area (Å²) in [7, 11) is 3.81. The van der Waals surface area contributed by atoms with E-state index < -0.39 is 0 Å². The monoisotopic (exact) mass is 412 g/mol. The van der Waals surface area contributed by atoms with Crippen molar-refractivity contribution in [3.63, 3.8) is 0 Å². The number of benzene rings is 1. The number of ether oxygens (including phenoxy) is 1. The topological polar surface area (TPSA) is 66.7 Å². The van der Waals surface area contributed by atoms with E-state index in [4.69, 9.17) is 4.74 Å². The predicted molar refractivity (Wildman–Crippen MR) is 122 cm³/mol. The Balaban J connectivity index is 1.51. The zero-order valence-corrected chi connectivity index (χ0v) is 19.0. The van der Waals surface area contributed by atoms with Crippen LogP contribution < -0.4 is 10.6 Å². The van der Waals surface area contributed by atoms with E-state index >= 15 is 0 Å². The molecule has 0 saturated carbocycles. The van der Waals surface area contributed by atoms with Crippen molar-refractivity contribution in [3.8, 4) is 0 Å². The Morgan fingerprint density at radius 2 is 1.97 bits per heavy atom. The fourth-order valence-electron chi connectivity index (χ4n) is 3.94. The summed E-state index contributed by atoms with van der Waals surface area (Å²) in [4.78, 5) is 6.85. The molecule has 7 nitrogen and oxygen atoms in total. The maximum Gasteiger partial charge on any atom is 0.191 e. The number of nitrogens with one attached hydrogen (secondary N) is 2. The lowest BCUT2D eigenvalue weighted by molar-refractivity contribution is 0.0342. The minimum absolute atomic E-state index is 0.255. The number of aromatic nitrogens is 2. The molecule has 0 spiro atoms. The quantitative estimate of drug-likeness (QED) is 0.539. The van der Waals surface area contributed by atoms with Gasteiger partial charge in [0, 0.05) is 52.0 Å². The van der Waals surface area contributed by atoms with Gasteiger partial charge in [0.15, 0.2) is 5.96 Å². The summed E-state index contributed by atoms with van der Waals surface area (Å²) in [5, 5.41) is 11.5. The molecule has 1 aromatic carbocycles. The maximum atomic E-state index is 5.45. The molecule has 1 unspecified atom stereocenters. The van der Waals surface area contributed by atoms with Crippen LogP contribution >= 0.6 is 0 Å². The van der Waals surface area contributed by atoms with Gasteiger partial charge in [0.25, 0.3) is 0 Å². The number of aryl methyl sites for hydroxylation is 2. The highest BCUT2D eigenvalue weighted by Crippen LogP contribution is 2.14. The summed E-state index contributed by atoms with van der Waals surface area (Å²) < 4.78 is 7.40. The normalized spacial score (nSPS) is 16.5. The number of aliphatic imine (C=N–C) groups is 1. The minimum atomic E-state index is 0.255. The lowest BCUT2D eigenvalue weighted by Crippen LogP contribution is -2.42. The molecule has 2 aromatic rings. The highest BCUT2D eigenvalue weighted by atomic mass is 16.5. The average molecular weight is 413 g/mol. The molecule has 0 aliphatic carbocycles. The molecule has 1 aromatic heterocycles. The fraction of sp³-hybridized carbons (Fsp3) is 0.565. The SMILES string of the molecule is CN=C(NCc1cccc(CN2CCOCC2)c1)NC(C)Cc1c(C)nn(C)c1C. The number of morpholine rings is 1. The van der Waals surface area contributed by atoms with Crippen molar-refractivity contribution >= 4 is 5.96 Å². The summed E-state index contributed by atoms with van der Waals surface area (Å²) in [5.74, 6) is 0.820. The molecule has 1 aliphatic heterocycles. The average Bonchev–Trinajstić information content (AvgIpc) is 2.98. The number of hydrogen-bond acceptors (Lipinski definition) is 4. The summed E-state index contributed by atoms with van der Waals surface area (Å²) in [6.07, 6.45) is 0.918. The van der Waals surface area contributed by atoms with Gasteiger partial charge in [0.1, 0.15) is 0 Å². The van der Waals surface area contributed by atoms with Crippen LogP contribution in [0.25, 0.3) is 0 Å². The van der Waals surface area contributed by atoms with E-state index in [0.717, 1.165) is 57.5 Å². The summed E-state index contributed by atoms with van der Waals surface area (Å²) >= 11 is 0. The van der Waals surface area contributed by atoms with Gasteiger partial charge in [-0.15, -0.1) is 0 Å². The lowest BCUT2D eigenvalue weighted by atomic mass is 10.1. The first kappa shape index (κ1) is 22.3. The second kappa shape index (κ2) is 10.6. The van der Waals surface area contributed by atoms with E-state index in [1.807, 2.05) is 18.8 Å². The molecular weight excluding hydrogens is 376 g/mol. The number of nitrogens with zero attached hydrogens (tertiary/aromatic N) is 4. The fourth-order valence-corrected chi connectivity index (χ4v) is 3.94. The van der Waals surface area contributed by atoms with Gasteiger partial charge in [-0.2, -0.15) is 5.10 Å². The van der Waals surface area contributed by atoms with Gasteiger partial charge in [-0.1, -0.05) is 24.3 Å². The molecule has 2 N–H and O–H groups in total. The van der Waals surface area contributed by atoms with Crippen LogP contribution in [0.5, 0.6) is 0 Å². The minimum Gasteiger partial charge on any atom is -0.379 e. The molecule has 2 heterocycles. The zero-order valence-electron chi connectivity index (χ0n) is 19.0. The molecule has 0 bridgehead atoms. The highest BCUT2D eigenvalue weighted by molar-refractivity contribution is 5.79. The molecule has 1 atom stereocenters. The smallest absolute Gasteiger partial charge is 0.191 e. The Morgan fingerprint density at radius 3 is 2.63 bits per heavy atom. The van der Waals surface area contributed by atoms with E-state index in [1.54, 1.807) is 0 Å². The van der Waals surface area contributed by atoms with Crippen LogP contribution in [0.2, 0.25) is 0 Å². The molecular formula is C23H36N6O. The van der Waals surface area contributed by atoms with Gasteiger partial charge < -0.3 is 15.4 Å². The molecule has 0 amide bonds. The number of hydrogen-bond donors (Lipinski definition) is 2. The molecule has 1 fully saturated rings. The third kappa shape index (κ3) is 6.06. The molecule has 1 aliphatic rings. The first-order valence-corrected chi connectivity index (χ1v) is 10.8. The first-order valence-electron chi connectivity index (χ1n) is 10.8. The standard InChI is InChI=1S/C23H36N6O/c1-17(13-22-18(2)27-28(5)19(22)3)26-23(24-4)25-15-20-7-6-8-21(14-20)16-29-9-11-30-12-10-29/h6-8,14,17H,9-13,15-16H2,1-5H3,(H2,24,25,26). The Labute approximate surface area is 180 Å². The summed E-state index contributed by atoms with van der Waals surface area (Å²) in [6, 6.07) is 9.04. The summed E-state index contributed by atoms with van der Waals surface area (Å²) in [5.41, 5.74) is 6.24. The van der Waals surface area contributed by atoms with Crippen molar-refractivity contribution in [1.29, 1.82) is 0 Å². The maximum absolute atomic E-state index is 5.45. The summed E-state index contributed by atoms with van der Waals surface area (Å²) in [6.45, 7) is 11.8. The van der Waals surface area contributed by atoms with Crippen LogP contribution in [0.4, 0.5) is 0 Å². The zero-order chi connectivity index (χ0) is 21.5. The van der Waals surface area contributed by atoms with E-state index in [2.05, 4.69) is 70.7 Å². The Hall–Kier alpha value is -2.38. The van der Waals surface area contributed by atoms with Crippen LogP contribution in [0.15, 0.2) is 29.3 Å². The van der Waals surface area contributed by atoms with Crippen molar-refractivity contribution in [2.24, 2.45) is 12.0 Å². The van der Waals surface area contributed by atoms with Gasteiger partial charge in [-0.3, -0.25) is 14.6 Å². The second-order valence-electron chi connectivity index (χ2n) is 8.16. The van der Waals surface area contributed by atoms with E-state index in [-0.39, 0.29) is 6.04 Å². The third-order valence-electron chi connectivity index (χ3n) is 5.74. The lowest BCUT2D eigenvalue weighted by Gasteiger charge is -2.26. The van der Waals surface area contributed by atoms with Gasteiger partial charge in [-0.25, -0.2) is 0 Å². The van der Waals surface area contributed by atoms with Gasteiger partial charge in [0.05, 0.1) is 18.9 Å². The van der Waals surface area contributed by atoms with Gasteiger partial charge in [-0.05, 0) is 43.9 Å². The first-order chi connectivity index (χ1) is 14.5. The van der Waals surface area contributed by atoms with E-state index in [1.165, 1.54) is 22.4 Å². The van der Waals surface area contributed by atoms with Crippen molar-refractivity contribution in [2.75, 3.05) is 33.4 Å². The van der Waals surface area contributed by atoms with Crippen LogP contribution in [0.3, 0.4) is 0 Å². The van der Waals surface area contributed by atoms with Crippen molar-refractivity contribution < 1.29 is 4.74 Å². The highest BCUT2D eigenvalue weighted by Gasteiger charge is 2.14. The Kier molecular flexibility index (Phi) is 7.87. The molecule has 164 valence electrons. The van der Waals surface area contributed by atoms with Crippen LogP contribution in [-0.4, -0.2) is 60.0 Å². The Bertz CT molecular complexity index is 853. The number of rotatable bonds is 7. The van der Waals surface area contributed by atoms with Crippen LogP contribution in [0.1, 0.15) is 35.0 Å². The molecule has 3 rings (SSSR count). The third-order valence-corrected chi connectivity index (χ3v) is 5.74. The van der Waals surface area contributed by atoms with E-state index in [0.29, 0.717) is 0 Å². The second-order valence-corrected chi connectivity index (χ2v) is 8.16. The van der Waals surface area contributed by atoms with Crippen molar-refractivity contribution in [1.82, 2.24) is 25.3 Å². The van der Waals surface area contributed by atoms with E-state index in [9.17, 15) is 0 Å². The van der Waals surface area contributed by atoms with Crippen molar-refractivity contribution in [2.45, 2.75) is 46.3 Å². The van der Waals surface area contributed by atoms with Gasteiger partial charge in [0.2, 0.25) is 0 Å². The Morgan fingerprint density at radius 1 is 1.23 bits per heavy atom. The largest absolute Gasteiger partial charge is 0.379 e. The number of guanidine groups is 1. The van der Waals surface area contributed by atoms with Gasteiger partial charge >= 0.3 is 0 Å². The van der Waals surface area contributed by atoms with Crippen LogP contribution in [0, 0.1) is 13.8 Å². The molecule has 30 heavy (non-hydrogen) atoms. The molecule has 1 saturated heterocycles. The molecule has 0 radical (unpaired) electrons. The van der Waals surface area contributed by atoms with Crippen molar-refractivity contribution in [3.05, 3.63) is 52.3 Å².